The van der Waals surface area contributed by atoms with Gasteiger partial charge in [0.1, 0.15) is 0 Å². The summed E-state index contributed by atoms with van der Waals surface area (Å²) in [6.45, 7) is 6.31. The minimum atomic E-state index is -0.144. The smallest absolute Gasteiger partial charge is 0.323 e. The van der Waals surface area contributed by atoms with Crippen molar-refractivity contribution in [1.29, 1.82) is 5.26 Å². The van der Waals surface area contributed by atoms with E-state index in [4.69, 9.17) is 5.26 Å². The fraction of sp³-hybridized carbons (Fsp3) is 0.222. The summed E-state index contributed by atoms with van der Waals surface area (Å²) in [5.74, 6) is 0.520. The number of aryl methyl sites for hydroxylation is 1. The lowest BCUT2D eigenvalue weighted by atomic mass is 10.0. The Morgan fingerprint density at radius 3 is 2.71 bits per heavy atom. The summed E-state index contributed by atoms with van der Waals surface area (Å²) >= 11 is 0. The van der Waals surface area contributed by atoms with E-state index in [1.807, 2.05) is 41.3 Å². The van der Waals surface area contributed by atoms with Crippen LogP contribution in [-0.4, -0.2) is 46.8 Å². The quantitative estimate of drug-likeness (QED) is 0.452. The van der Waals surface area contributed by atoms with Crippen molar-refractivity contribution in [2.45, 2.75) is 19.9 Å². The van der Waals surface area contributed by atoms with Crippen LogP contribution in [0.1, 0.15) is 18.1 Å². The van der Waals surface area contributed by atoms with E-state index in [-0.39, 0.29) is 12.1 Å². The Balaban J connectivity index is 1.29. The Morgan fingerprint density at radius 1 is 1.09 bits per heavy atom. The number of rotatable bonds is 3. The number of anilines is 2. The SMILES string of the molecule is Cc1cccc(N2CCN(C(=O)Nc3n[nH]c4cc(-c5cccc(C#N)c5)ccc34)CC2C)c1. The number of fused-ring (bicyclic) bond motifs is 1. The van der Waals surface area contributed by atoms with Gasteiger partial charge in [0.05, 0.1) is 17.1 Å². The standard InChI is InChI=1S/C27H26N6O/c1-18-5-3-8-23(13-18)33-12-11-32(17-19(33)2)27(34)29-26-24-10-9-22(15-25(24)30-31-26)21-7-4-6-20(14-21)16-28/h3-10,13-15,19H,11-12,17H2,1-2H3,(H2,29,30,31,34). The van der Waals surface area contributed by atoms with Gasteiger partial charge in [-0.05, 0) is 66.9 Å². The molecular weight excluding hydrogens is 424 g/mol. The summed E-state index contributed by atoms with van der Waals surface area (Å²) in [4.78, 5) is 17.2. The Hall–Kier alpha value is -4.31. The van der Waals surface area contributed by atoms with E-state index >= 15 is 0 Å². The van der Waals surface area contributed by atoms with Gasteiger partial charge in [-0.2, -0.15) is 10.4 Å². The van der Waals surface area contributed by atoms with Crippen molar-refractivity contribution in [3.63, 3.8) is 0 Å². The largest absolute Gasteiger partial charge is 0.365 e. The Bertz CT molecular complexity index is 1400. The van der Waals surface area contributed by atoms with Crippen molar-refractivity contribution in [3.05, 3.63) is 77.9 Å². The molecule has 7 nitrogen and oxygen atoms in total. The predicted octanol–water partition coefficient (Wildman–Crippen LogP) is 5.15. The van der Waals surface area contributed by atoms with Gasteiger partial charge in [-0.1, -0.05) is 30.3 Å². The van der Waals surface area contributed by atoms with Crippen LogP contribution in [0.4, 0.5) is 16.3 Å². The monoisotopic (exact) mass is 450 g/mol. The molecule has 2 amide bonds. The molecule has 0 bridgehead atoms. The highest BCUT2D eigenvalue weighted by atomic mass is 16.2. The first-order chi connectivity index (χ1) is 16.5. The van der Waals surface area contributed by atoms with Crippen molar-refractivity contribution in [2.24, 2.45) is 0 Å². The number of aromatic nitrogens is 2. The number of nitrogens with one attached hydrogen (secondary N) is 2. The zero-order valence-electron chi connectivity index (χ0n) is 19.2. The van der Waals surface area contributed by atoms with E-state index < -0.39 is 0 Å². The van der Waals surface area contributed by atoms with Crippen molar-refractivity contribution >= 4 is 28.4 Å². The molecule has 34 heavy (non-hydrogen) atoms. The Morgan fingerprint density at radius 2 is 1.91 bits per heavy atom. The average Bonchev–Trinajstić information content (AvgIpc) is 3.25. The summed E-state index contributed by atoms with van der Waals surface area (Å²) in [5, 5.41) is 20.4. The second-order valence-corrected chi connectivity index (χ2v) is 8.78. The van der Waals surface area contributed by atoms with Crippen LogP contribution in [0.25, 0.3) is 22.0 Å². The third kappa shape index (κ3) is 4.18. The van der Waals surface area contributed by atoms with Crippen LogP contribution in [0.5, 0.6) is 0 Å². The zero-order chi connectivity index (χ0) is 23.7. The van der Waals surface area contributed by atoms with Crippen LogP contribution in [0.3, 0.4) is 0 Å². The highest BCUT2D eigenvalue weighted by Crippen LogP contribution is 2.28. The second-order valence-electron chi connectivity index (χ2n) is 8.78. The number of hydrogen-bond donors (Lipinski definition) is 2. The van der Waals surface area contributed by atoms with Gasteiger partial charge in [0.2, 0.25) is 0 Å². The molecule has 1 aromatic heterocycles. The molecule has 1 atom stereocenters. The molecule has 3 aromatic carbocycles. The maximum Gasteiger partial charge on any atom is 0.323 e. The lowest BCUT2D eigenvalue weighted by Crippen LogP contribution is -2.54. The Labute approximate surface area is 198 Å². The molecular formula is C27H26N6O. The van der Waals surface area contributed by atoms with Gasteiger partial charge in [0, 0.05) is 36.7 Å². The molecule has 1 unspecified atom stereocenters. The third-order valence-corrected chi connectivity index (χ3v) is 6.36. The topological polar surface area (TPSA) is 88.0 Å². The van der Waals surface area contributed by atoms with Gasteiger partial charge >= 0.3 is 6.03 Å². The molecule has 5 rings (SSSR count). The summed E-state index contributed by atoms with van der Waals surface area (Å²) in [6.07, 6.45) is 0. The summed E-state index contributed by atoms with van der Waals surface area (Å²) < 4.78 is 0. The molecule has 0 radical (unpaired) electrons. The number of aromatic amines is 1. The second kappa shape index (κ2) is 8.91. The lowest BCUT2D eigenvalue weighted by Gasteiger charge is -2.41. The van der Waals surface area contributed by atoms with Gasteiger partial charge in [-0.25, -0.2) is 4.79 Å². The van der Waals surface area contributed by atoms with Gasteiger partial charge in [0.15, 0.2) is 5.82 Å². The number of nitriles is 1. The number of benzene rings is 3. The van der Waals surface area contributed by atoms with Crippen LogP contribution in [-0.2, 0) is 0 Å². The first-order valence-electron chi connectivity index (χ1n) is 11.4. The van der Waals surface area contributed by atoms with Crippen LogP contribution < -0.4 is 10.2 Å². The molecule has 1 saturated heterocycles. The number of carbonyl (C=O) groups is 1. The number of amides is 2. The van der Waals surface area contributed by atoms with Crippen LogP contribution in [0.2, 0.25) is 0 Å². The van der Waals surface area contributed by atoms with Gasteiger partial charge < -0.3 is 9.80 Å². The minimum absolute atomic E-state index is 0.144. The maximum atomic E-state index is 13.0. The van der Waals surface area contributed by atoms with Crippen molar-refractivity contribution in [1.82, 2.24) is 15.1 Å². The van der Waals surface area contributed by atoms with Crippen LogP contribution in [0, 0.1) is 18.3 Å². The molecule has 2 N–H and O–H groups in total. The van der Waals surface area contributed by atoms with Gasteiger partial charge in [0.25, 0.3) is 0 Å². The third-order valence-electron chi connectivity index (χ3n) is 6.36. The fourth-order valence-electron chi connectivity index (χ4n) is 4.58. The van der Waals surface area contributed by atoms with E-state index in [0.29, 0.717) is 24.5 Å². The highest BCUT2D eigenvalue weighted by molar-refractivity contribution is 6.00. The number of piperazine rings is 1. The van der Waals surface area contributed by atoms with Crippen molar-refractivity contribution in [3.8, 4) is 17.2 Å². The zero-order valence-corrected chi connectivity index (χ0v) is 19.2. The van der Waals surface area contributed by atoms with Crippen LogP contribution in [0.15, 0.2) is 66.7 Å². The predicted molar refractivity (Wildman–Crippen MR) is 135 cm³/mol. The normalized spacial score (nSPS) is 15.9. The number of urea groups is 1. The summed E-state index contributed by atoms with van der Waals surface area (Å²) in [7, 11) is 0. The minimum Gasteiger partial charge on any atom is -0.365 e. The molecule has 1 aliphatic rings. The van der Waals surface area contributed by atoms with Crippen molar-refractivity contribution < 1.29 is 4.79 Å². The van der Waals surface area contributed by atoms with E-state index in [1.54, 1.807) is 6.07 Å². The molecule has 0 spiro atoms. The highest BCUT2D eigenvalue weighted by Gasteiger charge is 2.27. The van der Waals surface area contributed by atoms with E-state index in [2.05, 4.69) is 64.6 Å². The molecule has 0 aliphatic carbocycles. The maximum absolute atomic E-state index is 13.0. The molecule has 0 saturated carbocycles. The first kappa shape index (κ1) is 21.5. The summed E-state index contributed by atoms with van der Waals surface area (Å²) in [6, 6.07) is 24.1. The number of H-pyrrole nitrogens is 1. The first-order valence-corrected chi connectivity index (χ1v) is 11.4. The molecule has 170 valence electrons. The Kier molecular flexibility index (Phi) is 5.64. The molecule has 7 heteroatoms. The van der Waals surface area contributed by atoms with Crippen molar-refractivity contribution in [2.75, 3.05) is 29.9 Å². The molecule has 2 heterocycles. The van der Waals surface area contributed by atoms with E-state index in [9.17, 15) is 4.79 Å². The number of hydrogen-bond acceptors (Lipinski definition) is 4. The molecule has 4 aromatic rings. The summed E-state index contributed by atoms with van der Waals surface area (Å²) in [5.41, 5.74) is 5.81. The molecule has 1 aliphatic heterocycles. The van der Waals surface area contributed by atoms with E-state index in [0.717, 1.165) is 28.6 Å². The van der Waals surface area contributed by atoms with E-state index in [1.165, 1.54) is 11.3 Å². The van der Waals surface area contributed by atoms with Gasteiger partial charge in [-0.15, -0.1) is 0 Å². The molecule has 1 fully saturated rings. The average molecular weight is 451 g/mol. The number of nitrogens with zero attached hydrogens (tertiary/aromatic N) is 4. The lowest BCUT2D eigenvalue weighted by molar-refractivity contribution is 0.200. The van der Waals surface area contributed by atoms with Crippen LogP contribution >= 0.6 is 0 Å². The van der Waals surface area contributed by atoms with Gasteiger partial charge in [-0.3, -0.25) is 10.4 Å². The number of carbonyl (C=O) groups excluding carboxylic acids is 1. The fourth-order valence-corrected chi connectivity index (χ4v) is 4.58.